The van der Waals surface area contributed by atoms with Gasteiger partial charge in [0.25, 0.3) is 0 Å². The van der Waals surface area contributed by atoms with Crippen LogP contribution in [0.4, 0.5) is 4.39 Å². The average molecular weight is 243 g/mol. The Morgan fingerprint density at radius 2 is 1.94 bits per heavy atom. The lowest BCUT2D eigenvalue weighted by atomic mass is 10.1. The molecule has 0 saturated carbocycles. The first-order chi connectivity index (χ1) is 8.74. The minimum atomic E-state index is -0.295. The number of rotatable bonds is 2. The number of nitrogens with two attached hydrogens (primary N) is 1. The maximum atomic E-state index is 13.1. The number of halogens is 1. The Balaban J connectivity index is 1.81. The molecule has 3 heteroatoms. The molecule has 92 valence electrons. The lowest BCUT2D eigenvalue weighted by Crippen LogP contribution is -2.27. The molecule has 0 spiro atoms. The van der Waals surface area contributed by atoms with Crippen LogP contribution in [0.3, 0.4) is 0 Å². The van der Waals surface area contributed by atoms with Gasteiger partial charge in [0.2, 0.25) is 0 Å². The molecule has 2 unspecified atom stereocenters. The first-order valence-corrected chi connectivity index (χ1v) is 5.99. The molecular formula is C15H14FNO. The molecule has 0 aliphatic heterocycles. The number of hydrogen-bond donors (Lipinski definition) is 1. The summed E-state index contributed by atoms with van der Waals surface area (Å²) in [6.45, 7) is 0. The summed E-state index contributed by atoms with van der Waals surface area (Å²) < 4.78 is 18.9. The monoisotopic (exact) mass is 243 g/mol. The van der Waals surface area contributed by atoms with Gasteiger partial charge in [-0.1, -0.05) is 30.3 Å². The molecule has 2 N–H and O–H groups in total. The molecule has 1 aliphatic carbocycles. The summed E-state index contributed by atoms with van der Waals surface area (Å²) in [5.41, 5.74) is 8.50. The second kappa shape index (κ2) is 4.42. The quantitative estimate of drug-likeness (QED) is 0.880. The lowest BCUT2D eigenvalue weighted by Gasteiger charge is -2.18. The third kappa shape index (κ3) is 1.97. The van der Waals surface area contributed by atoms with Crippen molar-refractivity contribution < 1.29 is 9.13 Å². The van der Waals surface area contributed by atoms with Crippen LogP contribution in [0.25, 0.3) is 0 Å². The van der Waals surface area contributed by atoms with Crippen molar-refractivity contribution in [1.29, 1.82) is 0 Å². The van der Waals surface area contributed by atoms with Crippen LogP contribution >= 0.6 is 0 Å². The summed E-state index contributed by atoms with van der Waals surface area (Å²) in [5, 5.41) is 0. The molecule has 0 saturated heterocycles. The van der Waals surface area contributed by atoms with E-state index in [9.17, 15) is 4.39 Å². The van der Waals surface area contributed by atoms with E-state index in [1.165, 1.54) is 17.7 Å². The topological polar surface area (TPSA) is 35.2 Å². The summed E-state index contributed by atoms with van der Waals surface area (Å²) in [5.74, 6) is 0.236. The second-order valence-corrected chi connectivity index (χ2v) is 4.54. The molecule has 3 rings (SSSR count). The molecule has 0 radical (unpaired) electrons. The standard InChI is InChI=1S/C15H14FNO/c16-11-5-3-6-12(9-11)18-14-8-10-4-1-2-7-13(10)15(14)17/h1-7,9,14-15H,8,17H2. The largest absolute Gasteiger partial charge is 0.488 e. The highest BCUT2D eigenvalue weighted by Gasteiger charge is 2.30. The number of fused-ring (bicyclic) bond motifs is 1. The van der Waals surface area contributed by atoms with Crippen molar-refractivity contribution >= 4 is 0 Å². The third-order valence-electron chi connectivity index (χ3n) is 3.32. The normalized spacial score (nSPS) is 21.7. The van der Waals surface area contributed by atoms with Crippen molar-refractivity contribution in [2.24, 2.45) is 5.73 Å². The van der Waals surface area contributed by atoms with Gasteiger partial charge in [0.1, 0.15) is 17.7 Å². The van der Waals surface area contributed by atoms with Crippen molar-refractivity contribution in [3.8, 4) is 5.75 Å². The highest BCUT2D eigenvalue weighted by atomic mass is 19.1. The van der Waals surface area contributed by atoms with Crippen LogP contribution in [0, 0.1) is 5.82 Å². The van der Waals surface area contributed by atoms with Crippen LogP contribution in [-0.2, 0) is 6.42 Å². The number of hydrogen-bond acceptors (Lipinski definition) is 2. The Hall–Kier alpha value is -1.87. The first kappa shape index (κ1) is 11.2. The molecule has 0 fully saturated rings. The van der Waals surface area contributed by atoms with E-state index < -0.39 is 0 Å². The fourth-order valence-electron chi connectivity index (χ4n) is 2.42. The summed E-state index contributed by atoms with van der Waals surface area (Å²) in [6.07, 6.45) is 0.651. The van der Waals surface area contributed by atoms with E-state index in [1.54, 1.807) is 12.1 Å². The van der Waals surface area contributed by atoms with Crippen molar-refractivity contribution in [3.05, 3.63) is 65.5 Å². The van der Waals surface area contributed by atoms with Crippen LogP contribution in [0.1, 0.15) is 17.2 Å². The van der Waals surface area contributed by atoms with Gasteiger partial charge < -0.3 is 10.5 Å². The fraction of sp³-hybridized carbons (Fsp3) is 0.200. The zero-order valence-corrected chi connectivity index (χ0v) is 9.84. The molecule has 2 nitrogen and oxygen atoms in total. The van der Waals surface area contributed by atoms with Gasteiger partial charge >= 0.3 is 0 Å². The van der Waals surface area contributed by atoms with E-state index in [-0.39, 0.29) is 18.0 Å². The predicted octanol–water partition coefficient (Wildman–Crippen LogP) is 2.83. The van der Waals surface area contributed by atoms with Gasteiger partial charge in [-0.25, -0.2) is 4.39 Å². The van der Waals surface area contributed by atoms with E-state index in [0.29, 0.717) is 5.75 Å². The number of ether oxygens (including phenoxy) is 1. The van der Waals surface area contributed by atoms with E-state index in [1.807, 2.05) is 18.2 Å². The van der Waals surface area contributed by atoms with Crippen LogP contribution in [0.2, 0.25) is 0 Å². The van der Waals surface area contributed by atoms with Gasteiger partial charge in [-0.05, 0) is 23.3 Å². The summed E-state index contributed by atoms with van der Waals surface area (Å²) >= 11 is 0. The Morgan fingerprint density at radius 1 is 1.11 bits per heavy atom. The lowest BCUT2D eigenvalue weighted by molar-refractivity contribution is 0.184. The highest BCUT2D eigenvalue weighted by molar-refractivity contribution is 5.37. The highest BCUT2D eigenvalue weighted by Crippen LogP contribution is 2.32. The van der Waals surface area contributed by atoms with Gasteiger partial charge in [0.05, 0.1) is 6.04 Å². The van der Waals surface area contributed by atoms with Crippen LogP contribution in [0.5, 0.6) is 5.75 Å². The maximum Gasteiger partial charge on any atom is 0.126 e. The molecule has 2 atom stereocenters. The minimum Gasteiger partial charge on any atom is -0.488 e. The molecule has 1 aliphatic rings. The Kier molecular flexibility index (Phi) is 2.76. The van der Waals surface area contributed by atoms with Crippen molar-refractivity contribution in [2.45, 2.75) is 18.6 Å². The Labute approximate surface area is 105 Å². The molecular weight excluding hydrogens is 229 g/mol. The smallest absolute Gasteiger partial charge is 0.126 e. The van der Waals surface area contributed by atoms with Crippen LogP contribution in [0.15, 0.2) is 48.5 Å². The molecule has 2 aromatic rings. The molecule has 0 aromatic heterocycles. The summed E-state index contributed by atoms with van der Waals surface area (Å²) in [6, 6.07) is 14.1. The van der Waals surface area contributed by atoms with Crippen molar-refractivity contribution in [3.63, 3.8) is 0 Å². The van der Waals surface area contributed by atoms with Crippen LogP contribution < -0.4 is 10.5 Å². The van der Waals surface area contributed by atoms with Gasteiger partial charge in [-0.15, -0.1) is 0 Å². The molecule has 0 amide bonds. The summed E-state index contributed by atoms with van der Waals surface area (Å²) in [4.78, 5) is 0. The van der Waals surface area contributed by atoms with Gasteiger partial charge in [-0.2, -0.15) is 0 Å². The summed E-state index contributed by atoms with van der Waals surface area (Å²) in [7, 11) is 0. The predicted molar refractivity (Wildman–Crippen MR) is 67.9 cm³/mol. The first-order valence-electron chi connectivity index (χ1n) is 5.99. The van der Waals surface area contributed by atoms with Gasteiger partial charge in [0.15, 0.2) is 0 Å². The molecule has 2 aromatic carbocycles. The van der Waals surface area contributed by atoms with Crippen molar-refractivity contribution in [2.75, 3.05) is 0 Å². The zero-order valence-electron chi connectivity index (χ0n) is 9.84. The molecule has 0 heterocycles. The maximum absolute atomic E-state index is 13.1. The fourth-order valence-corrected chi connectivity index (χ4v) is 2.42. The molecule has 18 heavy (non-hydrogen) atoms. The van der Waals surface area contributed by atoms with Gasteiger partial charge in [0, 0.05) is 12.5 Å². The Bertz CT molecular complexity index is 570. The average Bonchev–Trinajstić information content (AvgIpc) is 2.67. The zero-order chi connectivity index (χ0) is 12.5. The van der Waals surface area contributed by atoms with E-state index in [4.69, 9.17) is 10.5 Å². The third-order valence-corrected chi connectivity index (χ3v) is 3.32. The minimum absolute atomic E-state index is 0.121. The Morgan fingerprint density at radius 3 is 2.72 bits per heavy atom. The van der Waals surface area contributed by atoms with E-state index in [2.05, 4.69) is 6.07 Å². The van der Waals surface area contributed by atoms with Crippen molar-refractivity contribution in [1.82, 2.24) is 0 Å². The second-order valence-electron chi connectivity index (χ2n) is 4.54. The van der Waals surface area contributed by atoms with E-state index in [0.717, 1.165) is 12.0 Å². The molecule has 0 bridgehead atoms. The van der Waals surface area contributed by atoms with Crippen LogP contribution in [-0.4, -0.2) is 6.10 Å². The SMILES string of the molecule is NC1c2ccccc2CC1Oc1cccc(F)c1. The van der Waals surface area contributed by atoms with Gasteiger partial charge in [-0.3, -0.25) is 0 Å². The van der Waals surface area contributed by atoms with E-state index >= 15 is 0 Å². The number of benzene rings is 2.